The number of methoxy groups -OCH3 is 1. The Morgan fingerprint density at radius 1 is 0.892 bits per heavy atom. The fraction of sp³-hybridized carbons (Fsp3) is 0.250. The van der Waals surface area contributed by atoms with Gasteiger partial charge >= 0.3 is 5.97 Å². The Labute approximate surface area is 218 Å². The first-order chi connectivity index (χ1) is 18.0. The van der Waals surface area contributed by atoms with Gasteiger partial charge in [0.25, 0.3) is 5.91 Å². The predicted octanol–water partition coefficient (Wildman–Crippen LogP) is 5.83. The van der Waals surface area contributed by atoms with Crippen molar-refractivity contribution in [3.63, 3.8) is 0 Å². The van der Waals surface area contributed by atoms with Gasteiger partial charge in [0.05, 0.1) is 12.7 Å². The minimum absolute atomic E-state index is 0.0590. The number of fused-ring (bicyclic) bond motifs is 1. The Morgan fingerprint density at radius 2 is 1.59 bits per heavy atom. The summed E-state index contributed by atoms with van der Waals surface area (Å²) in [5.74, 6) is -0.0206. The Hall–Kier alpha value is -3.96. The van der Waals surface area contributed by atoms with E-state index in [1.807, 2.05) is 11.0 Å². The number of esters is 1. The maximum Gasteiger partial charge on any atom is 0.337 e. The summed E-state index contributed by atoms with van der Waals surface area (Å²) >= 11 is 0. The molecule has 0 spiro atoms. The van der Waals surface area contributed by atoms with Crippen LogP contribution in [0, 0.1) is 5.92 Å². The molecule has 1 aliphatic rings. The van der Waals surface area contributed by atoms with Crippen molar-refractivity contribution in [2.45, 2.75) is 18.9 Å². The molecule has 3 atom stereocenters. The van der Waals surface area contributed by atoms with Crippen LogP contribution in [0.2, 0.25) is 0 Å². The van der Waals surface area contributed by atoms with Crippen LogP contribution in [0.1, 0.15) is 50.7 Å². The monoisotopic (exact) mass is 492 g/mol. The highest BCUT2D eigenvalue weighted by atomic mass is 16.5. The Bertz CT molecular complexity index is 1400. The lowest BCUT2D eigenvalue weighted by Gasteiger charge is -2.23. The van der Waals surface area contributed by atoms with Crippen molar-refractivity contribution in [1.82, 2.24) is 10.2 Å². The van der Waals surface area contributed by atoms with Crippen molar-refractivity contribution in [2.75, 3.05) is 26.7 Å². The van der Waals surface area contributed by atoms with Crippen molar-refractivity contribution in [3.8, 4) is 0 Å². The lowest BCUT2D eigenvalue weighted by molar-refractivity contribution is 0.0600. The number of ether oxygens (including phenoxy) is 1. The molecule has 188 valence electrons. The molecule has 1 aliphatic heterocycles. The summed E-state index contributed by atoms with van der Waals surface area (Å²) in [6.07, 6.45) is 0. The van der Waals surface area contributed by atoms with E-state index in [1.54, 1.807) is 24.3 Å². The molecule has 5 rings (SSSR count). The summed E-state index contributed by atoms with van der Waals surface area (Å²) in [7, 11) is 1.35. The van der Waals surface area contributed by atoms with Gasteiger partial charge in [-0.15, -0.1) is 0 Å². The van der Waals surface area contributed by atoms with E-state index in [9.17, 15) is 9.59 Å². The smallest absolute Gasteiger partial charge is 0.337 e. The topological polar surface area (TPSA) is 58.6 Å². The summed E-state index contributed by atoms with van der Waals surface area (Å²) in [4.78, 5) is 27.4. The third kappa shape index (κ3) is 5.27. The van der Waals surface area contributed by atoms with Crippen molar-refractivity contribution < 1.29 is 14.3 Å². The van der Waals surface area contributed by atoms with E-state index in [0.29, 0.717) is 24.2 Å². The SMILES string of the molecule is COC(=O)c1cccc(C(=O)N2CC(CN[C@H](C)c3cccc4ccccc34)C(c3ccccc3)C2)c1. The zero-order valence-corrected chi connectivity index (χ0v) is 21.3. The number of nitrogens with one attached hydrogen (secondary N) is 1. The van der Waals surface area contributed by atoms with Gasteiger partial charge in [0.1, 0.15) is 0 Å². The Morgan fingerprint density at radius 3 is 2.41 bits per heavy atom. The number of hydrogen-bond donors (Lipinski definition) is 1. The van der Waals surface area contributed by atoms with E-state index in [2.05, 4.69) is 79.0 Å². The molecule has 0 radical (unpaired) electrons. The molecular weight excluding hydrogens is 460 g/mol. The molecule has 1 fully saturated rings. The molecule has 4 aromatic carbocycles. The van der Waals surface area contributed by atoms with E-state index in [0.717, 1.165) is 6.54 Å². The second-order valence-electron chi connectivity index (χ2n) is 9.76. The van der Waals surface area contributed by atoms with Crippen LogP contribution in [0.5, 0.6) is 0 Å². The molecule has 1 N–H and O–H groups in total. The van der Waals surface area contributed by atoms with E-state index < -0.39 is 5.97 Å². The number of rotatable bonds is 7. The van der Waals surface area contributed by atoms with Gasteiger partial charge in [0.15, 0.2) is 0 Å². The fourth-order valence-electron chi connectivity index (χ4n) is 5.47. The van der Waals surface area contributed by atoms with Gasteiger partial charge in [-0.25, -0.2) is 4.79 Å². The van der Waals surface area contributed by atoms with Gasteiger partial charge < -0.3 is 15.0 Å². The van der Waals surface area contributed by atoms with Gasteiger partial charge in [0, 0.05) is 37.2 Å². The van der Waals surface area contributed by atoms with E-state index in [-0.39, 0.29) is 23.8 Å². The molecule has 0 bridgehead atoms. The van der Waals surface area contributed by atoms with Crippen molar-refractivity contribution >= 4 is 22.6 Å². The van der Waals surface area contributed by atoms with Crippen LogP contribution in [-0.4, -0.2) is 43.5 Å². The number of carbonyl (C=O) groups is 2. The molecule has 0 aliphatic carbocycles. The summed E-state index contributed by atoms with van der Waals surface area (Å²) in [5, 5.41) is 6.27. The molecule has 2 unspecified atom stereocenters. The minimum atomic E-state index is -0.442. The van der Waals surface area contributed by atoms with Crippen molar-refractivity contribution in [1.29, 1.82) is 0 Å². The molecular formula is C32H32N2O3. The van der Waals surface area contributed by atoms with Crippen LogP contribution in [0.4, 0.5) is 0 Å². The summed E-state index contributed by atoms with van der Waals surface area (Å²) < 4.78 is 4.83. The second-order valence-corrected chi connectivity index (χ2v) is 9.76. The van der Waals surface area contributed by atoms with Gasteiger partial charge in [-0.05, 0) is 52.9 Å². The predicted molar refractivity (Wildman–Crippen MR) is 147 cm³/mol. The standard InChI is InChI=1S/C32H32N2O3/c1-22(28-17-9-13-23-12-6-7-16-29(23)28)33-19-27-20-34(21-30(27)24-10-4-3-5-11-24)31(35)25-14-8-15-26(18-25)32(36)37-2/h3-18,22,27,30,33H,19-21H2,1-2H3/t22-,27?,30?/m1/s1. The number of benzene rings is 4. The first-order valence-electron chi connectivity index (χ1n) is 12.8. The second kappa shape index (κ2) is 11.0. The van der Waals surface area contributed by atoms with Crippen molar-refractivity contribution in [3.05, 3.63) is 119 Å². The highest BCUT2D eigenvalue weighted by Gasteiger charge is 2.36. The first-order valence-corrected chi connectivity index (χ1v) is 12.8. The van der Waals surface area contributed by atoms with Crippen LogP contribution >= 0.6 is 0 Å². The number of nitrogens with zero attached hydrogens (tertiary/aromatic N) is 1. The number of amides is 1. The van der Waals surface area contributed by atoms with Crippen LogP contribution in [0.25, 0.3) is 10.8 Å². The van der Waals surface area contributed by atoms with Gasteiger partial charge in [-0.2, -0.15) is 0 Å². The maximum absolute atomic E-state index is 13.5. The van der Waals surface area contributed by atoms with Crippen LogP contribution in [-0.2, 0) is 4.74 Å². The van der Waals surface area contributed by atoms with E-state index in [4.69, 9.17) is 4.74 Å². The summed E-state index contributed by atoms with van der Waals surface area (Å²) in [6, 6.07) is 32.3. The third-order valence-electron chi connectivity index (χ3n) is 7.46. The van der Waals surface area contributed by atoms with Gasteiger partial charge in [-0.3, -0.25) is 4.79 Å². The normalized spacial score (nSPS) is 18.1. The van der Waals surface area contributed by atoms with E-state index >= 15 is 0 Å². The van der Waals surface area contributed by atoms with Crippen LogP contribution in [0.3, 0.4) is 0 Å². The molecule has 4 aromatic rings. The first kappa shape index (κ1) is 24.7. The maximum atomic E-state index is 13.5. The van der Waals surface area contributed by atoms with E-state index in [1.165, 1.54) is 29.0 Å². The summed E-state index contributed by atoms with van der Waals surface area (Å²) in [5.41, 5.74) is 3.41. The van der Waals surface area contributed by atoms with Crippen LogP contribution in [0.15, 0.2) is 97.1 Å². The van der Waals surface area contributed by atoms with Gasteiger partial charge in [-0.1, -0.05) is 78.9 Å². The molecule has 1 saturated heterocycles. The Balaban J connectivity index is 1.35. The highest BCUT2D eigenvalue weighted by Crippen LogP contribution is 2.34. The molecule has 1 amide bonds. The lowest BCUT2D eigenvalue weighted by Crippen LogP contribution is -2.32. The zero-order valence-electron chi connectivity index (χ0n) is 21.3. The number of likely N-dealkylation sites (tertiary alicyclic amines) is 1. The zero-order chi connectivity index (χ0) is 25.8. The molecule has 0 saturated carbocycles. The number of hydrogen-bond acceptors (Lipinski definition) is 4. The molecule has 1 heterocycles. The van der Waals surface area contributed by atoms with Gasteiger partial charge in [0.2, 0.25) is 0 Å². The summed E-state index contributed by atoms with van der Waals surface area (Å²) in [6.45, 7) is 4.28. The average molecular weight is 493 g/mol. The van der Waals surface area contributed by atoms with Crippen molar-refractivity contribution in [2.24, 2.45) is 5.92 Å². The molecule has 37 heavy (non-hydrogen) atoms. The van der Waals surface area contributed by atoms with Crippen LogP contribution < -0.4 is 5.32 Å². The lowest BCUT2D eigenvalue weighted by atomic mass is 9.88. The fourth-order valence-corrected chi connectivity index (χ4v) is 5.47. The quantitative estimate of drug-likeness (QED) is 0.330. The average Bonchev–Trinajstić information content (AvgIpc) is 3.39. The number of carbonyl (C=O) groups excluding carboxylic acids is 2. The molecule has 0 aromatic heterocycles. The highest BCUT2D eigenvalue weighted by molar-refractivity contribution is 5.98. The molecule has 5 nitrogen and oxygen atoms in total. The third-order valence-corrected chi connectivity index (χ3v) is 7.46. The minimum Gasteiger partial charge on any atom is -0.465 e. The largest absolute Gasteiger partial charge is 0.465 e. The Kier molecular flexibility index (Phi) is 7.33. The molecule has 5 heteroatoms.